The molecule has 3 nitrogen and oxygen atoms in total. The lowest BCUT2D eigenvalue weighted by Crippen LogP contribution is -2.23. The number of nitrogens with zero attached hydrogens (tertiary/aromatic N) is 1. The molecule has 0 amide bonds. The molecule has 0 heterocycles. The van der Waals surface area contributed by atoms with Crippen molar-refractivity contribution in [2.45, 2.75) is 78.1 Å². The second-order valence-electron chi connectivity index (χ2n) is 5.93. The average molecular weight is 312 g/mol. The molecule has 0 rings (SSSR count). The summed E-state index contributed by atoms with van der Waals surface area (Å²) in [6.07, 6.45) is 14.2. The van der Waals surface area contributed by atoms with E-state index in [1.165, 1.54) is 77.1 Å². The van der Waals surface area contributed by atoms with Crippen molar-refractivity contribution in [1.82, 2.24) is 4.90 Å². The standard InChI is InChI=1S/C19H37NO2/c1-4-19(21)22-18-16-14-12-10-8-7-9-11-13-15-17-20(5-2)6-3/h4H,1,5-18H2,2-3H3. The second-order valence-corrected chi connectivity index (χ2v) is 5.93. The summed E-state index contributed by atoms with van der Waals surface area (Å²) in [4.78, 5) is 13.3. The fourth-order valence-electron chi connectivity index (χ4n) is 2.62. The largest absolute Gasteiger partial charge is 0.463 e. The van der Waals surface area contributed by atoms with Crippen LogP contribution in [0.3, 0.4) is 0 Å². The summed E-state index contributed by atoms with van der Waals surface area (Å²) in [6, 6.07) is 0. The molecule has 0 N–H and O–H groups in total. The first-order valence-electron chi connectivity index (χ1n) is 9.26. The van der Waals surface area contributed by atoms with E-state index in [-0.39, 0.29) is 5.97 Å². The maximum atomic E-state index is 10.8. The van der Waals surface area contributed by atoms with Crippen molar-refractivity contribution in [2.75, 3.05) is 26.2 Å². The van der Waals surface area contributed by atoms with Gasteiger partial charge in [0.2, 0.25) is 0 Å². The van der Waals surface area contributed by atoms with Crippen molar-refractivity contribution in [1.29, 1.82) is 0 Å². The van der Waals surface area contributed by atoms with Gasteiger partial charge in [0.1, 0.15) is 0 Å². The number of unbranched alkanes of at least 4 members (excludes halogenated alkanes) is 9. The monoisotopic (exact) mass is 311 g/mol. The topological polar surface area (TPSA) is 29.5 Å². The predicted octanol–water partition coefficient (Wildman–Crippen LogP) is 4.96. The van der Waals surface area contributed by atoms with Gasteiger partial charge in [0.15, 0.2) is 0 Å². The third kappa shape index (κ3) is 14.1. The maximum Gasteiger partial charge on any atom is 0.330 e. The molecular formula is C19H37NO2. The van der Waals surface area contributed by atoms with Gasteiger partial charge in [-0.3, -0.25) is 0 Å². The Bertz CT molecular complexity index is 262. The van der Waals surface area contributed by atoms with Crippen LogP contribution < -0.4 is 0 Å². The minimum Gasteiger partial charge on any atom is -0.463 e. The van der Waals surface area contributed by atoms with Crippen molar-refractivity contribution in [3.05, 3.63) is 12.7 Å². The van der Waals surface area contributed by atoms with Crippen LogP contribution in [-0.4, -0.2) is 37.1 Å². The summed E-state index contributed by atoms with van der Waals surface area (Å²) < 4.78 is 4.95. The number of rotatable bonds is 16. The number of carbonyl (C=O) groups is 1. The van der Waals surface area contributed by atoms with Crippen LogP contribution in [0.1, 0.15) is 78.1 Å². The van der Waals surface area contributed by atoms with Crippen molar-refractivity contribution in [3.63, 3.8) is 0 Å². The van der Waals surface area contributed by atoms with Gasteiger partial charge in [0.05, 0.1) is 6.61 Å². The van der Waals surface area contributed by atoms with Gasteiger partial charge in [-0.25, -0.2) is 4.79 Å². The van der Waals surface area contributed by atoms with Crippen molar-refractivity contribution < 1.29 is 9.53 Å². The van der Waals surface area contributed by atoms with Gasteiger partial charge < -0.3 is 9.64 Å². The van der Waals surface area contributed by atoms with E-state index in [0.717, 1.165) is 12.8 Å². The first-order valence-corrected chi connectivity index (χ1v) is 9.26. The number of esters is 1. The molecule has 0 spiro atoms. The molecule has 0 radical (unpaired) electrons. The molecule has 0 saturated carbocycles. The fraction of sp³-hybridized carbons (Fsp3) is 0.842. The lowest BCUT2D eigenvalue weighted by atomic mass is 10.1. The molecule has 0 aromatic carbocycles. The Balaban J connectivity index is 3.11. The number of carbonyl (C=O) groups excluding carboxylic acids is 1. The van der Waals surface area contributed by atoms with E-state index in [1.54, 1.807) is 0 Å². The quantitative estimate of drug-likeness (QED) is 0.229. The van der Waals surface area contributed by atoms with Crippen LogP contribution in [0.25, 0.3) is 0 Å². The fourth-order valence-corrected chi connectivity index (χ4v) is 2.62. The summed E-state index contributed by atoms with van der Waals surface area (Å²) in [5.74, 6) is -0.305. The molecular weight excluding hydrogens is 274 g/mol. The molecule has 0 aliphatic rings. The normalized spacial score (nSPS) is 10.9. The molecule has 3 heteroatoms. The Labute approximate surface area is 138 Å². The van der Waals surface area contributed by atoms with E-state index in [1.807, 2.05) is 0 Å². The molecule has 0 saturated heterocycles. The van der Waals surface area contributed by atoms with Crippen molar-refractivity contribution in [2.24, 2.45) is 0 Å². The van der Waals surface area contributed by atoms with Crippen LogP contribution >= 0.6 is 0 Å². The minimum absolute atomic E-state index is 0.305. The highest BCUT2D eigenvalue weighted by Gasteiger charge is 1.98. The molecule has 0 aliphatic heterocycles. The molecule has 130 valence electrons. The van der Waals surface area contributed by atoms with Gasteiger partial charge in [-0.2, -0.15) is 0 Å². The van der Waals surface area contributed by atoms with Crippen molar-refractivity contribution >= 4 is 5.97 Å². The zero-order chi connectivity index (χ0) is 16.5. The average Bonchev–Trinajstić information content (AvgIpc) is 2.55. The summed E-state index contributed by atoms with van der Waals surface area (Å²) >= 11 is 0. The van der Waals surface area contributed by atoms with Gasteiger partial charge in [0, 0.05) is 6.08 Å². The summed E-state index contributed by atoms with van der Waals surface area (Å²) in [5, 5.41) is 0. The molecule has 0 atom stereocenters. The highest BCUT2D eigenvalue weighted by molar-refractivity contribution is 5.81. The molecule has 0 fully saturated rings. The van der Waals surface area contributed by atoms with Crippen LogP contribution in [0.5, 0.6) is 0 Å². The van der Waals surface area contributed by atoms with Crippen LogP contribution in [0.4, 0.5) is 0 Å². The molecule has 0 aromatic rings. The lowest BCUT2D eigenvalue weighted by Gasteiger charge is -2.17. The van der Waals surface area contributed by atoms with E-state index in [2.05, 4.69) is 25.3 Å². The summed E-state index contributed by atoms with van der Waals surface area (Å²) in [6.45, 7) is 12.0. The highest BCUT2D eigenvalue weighted by Crippen LogP contribution is 2.11. The highest BCUT2D eigenvalue weighted by atomic mass is 16.5. The number of hydrogen-bond acceptors (Lipinski definition) is 3. The van der Waals surface area contributed by atoms with E-state index < -0.39 is 0 Å². The third-order valence-corrected chi connectivity index (χ3v) is 4.17. The van der Waals surface area contributed by atoms with Gasteiger partial charge in [-0.05, 0) is 32.5 Å². The Morgan fingerprint density at radius 1 is 0.864 bits per heavy atom. The predicted molar refractivity (Wildman–Crippen MR) is 95.1 cm³/mol. The maximum absolute atomic E-state index is 10.8. The molecule has 0 aromatic heterocycles. The zero-order valence-corrected chi connectivity index (χ0v) is 14.9. The van der Waals surface area contributed by atoms with Gasteiger partial charge in [-0.15, -0.1) is 0 Å². The summed E-state index contributed by atoms with van der Waals surface area (Å²) in [5.41, 5.74) is 0. The molecule has 0 aliphatic carbocycles. The zero-order valence-electron chi connectivity index (χ0n) is 14.9. The number of hydrogen-bond donors (Lipinski definition) is 0. The van der Waals surface area contributed by atoms with Crippen LogP contribution in [-0.2, 0) is 9.53 Å². The molecule has 0 bridgehead atoms. The molecule has 22 heavy (non-hydrogen) atoms. The third-order valence-electron chi connectivity index (χ3n) is 4.17. The second kappa shape index (κ2) is 16.5. The molecule has 0 unspecified atom stereocenters. The Hall–Kier alpha value is -0.830. The summed E-state index contributed by atoms with van der Waals surface area (Å²) in [7, 11) is 0. The number of ether oxygens (including phenoxy) is 1. The van der Waals surface area contributed by atoms with Crippen LogP contribution in [0.2, 0.25) is 0 Å². The lowest BCUT2D eigenvalue weighted by molar-refractivity contribution is -0.137. The first kappa shape index (κ1) is 21.2. The van der Waals surface area contributed by atoms with E-state index in [0.29, 0.717) is 6.61 Å². The van der Waals surface area contributed by atoms with Crippen LogP contribution in [0.15, 0.2) is 12.7 Å². The minimum atomic E-state index is -0.305. The van der Waals surface area contributed by atoms with E-state index >= 15 is 0 Å². The smallest absolute Gasteiger partial charge is 0.330 e. The Kier molecular flexibility index (Phi) is 15.9. The van der Waals surface area contributed by atoms with Gasteiger partial charge in [-0.1, -0.05) is 71.8 Å². The van der Waals surface area contributed by atoms with E-state index in [4.69, 9.17) is 4.74 Å². The van der Waals surface area contributed by atoms with Gasteiger partial charge in [0.25, 0.3) is 0 Å². The van der Waals surface area contributed by atoms with Gasteiger partial charge >= 0.3 is 5.97 Å². The SMILES string of the molecule is C=CC(=O)OCCCCCCCCCCCCN(CC)CC. The Morgan fingerprint density at radius 2 is 1.32 bits per heavy atom. The Morgan fingerprint density at radius 3 is 1.77 bits per heavy atom. The van der Waals surface area contributed by atoms with E-state index in [9.17, 15) is 4.79 Å². The van der Waals surface area contributed by atoms with Crippen LogP contribution in [0, 0.1) is 0 Å². The van der Waals surface area contributed by atoms with Crippen molar-refractivity contribution in [3.8, 4) is 0 Å². The first-order chi connectivity index (χ1) is 10.7.